The van der Waals surface area contributed by atoms with Gasteiger partial charge >= 0.3 is 6.18 Å². The molecule has 3 rings (SSSR count). The fourth-order valence-corrected chi connectivity index (χ4v) is 3.36. The Hall–Kier alpha value is -1.63. The van der Waals surface area contributed by atoms with Crippen LogP contribution in [0.1, 0.15) is 13.8 Å². The standard InChI is InChI=1S/C14H14F3N4O2.Al/c1-8-5-11(23-13(8,2)14(15,16)17)12(22)19-9-3-4-10-6-18-20-21(10)7-9;/h3-8,11H,1-2H3,(H,19,22);/t8-,11?,13+;/m1./s1. The number of ether oxygens (including phenoxy) is 1. The maximum Gasteiger partial charge on any atom is 0.417 e. The predicted octanol–water partition coefficient (Wildman–Crippen LogP) is 1.98. The topological polar surface area (TPSA) is 68.5 Å². The van der Waals surface area contributed by atoms with Crippen LogP contribution in [0.25, 0.3) is 5.52 Å². The number of alkyl halides is 3. The lowest BCUT2D eigenvalue weighted by Gasteiger charge is -2.31. The van der Waals surface area contributed by atoms with E-state index in [4.69, 9.17) is 4.74 Å². The summed E-state index contributed by atoms with van der Waals surface area (Å²) in [5, 5.41) is 10.1. The number of nitrogens with one attached hydrogen (secondary N) is 1. The molecule has 1 unspecified atom stereocenters. The molecule has 126 valence electrons. The van der Waals surface area contributed by atoms with Crippen LogP contribution in [-0.4, -0.2) is 54.9 Å². The van der Waals surface area contributed by atoms with Crippen molar-refractivity contribution in [3.63, 3.8) is 0 Å². The van der Waals surface area contributed by atoms with Crippen LogP contribution < -0.4 is 5.32 Å². The number of amides is 1. The summed E-state index contributed by atoms with van der Waals surface area (Å²) in [6.45, 7) is 2.41. The van der Waals surface area contributed by atoms with Gasteiger partial charge in [0.05, 0.1) is 23.6 Å². The molecule has 2 aromatic rings. The summed E-state index contributed by atoms with van der Waals surface area (Å²) in [5.74, 6) is -1.51. The number of nitrogens with zero attached hydrogens (tertiary/aromatic N) is 3. The molecule has 0 spiro atoms. The van der Waals surface area contributed by atoms with Crippen molar-refractivity contribution in [2.75, 3.05) is 5.32 Å². The summed E-state index contributed by atoms with van der Waals surface area (Å²) in [5.41, 5.74) is -1.24. The van der Waals surface area contributed by atoms with Crippen molar-refractivity contribution in [1.29, 1.82) is 0 Å². The molecule has 1 aliphatic heterocycles. The summed E-state index contributed by atoms with van der Waals surface area (Å²) in [4.78, 5) is 12.4. The molecule has 1 aliphatic rings. The maximum absolute atomic E-state index is 13.3. The molecule has 2 aromatic heterocycles. The van der Waals surface area contributed by atoms with Crippen molar-refractivity contribution in [3.05, 3.63) is 24.5 Å². The Morgan fingerprint density at radius 1 is 1.46 bits per heavy atom. The van der Waals surface area contributed by atoms with Gasteiger partial charge in [0.2, 0.25) is 0 Å². The normalized spacial score (nSPS) is 30.6. The molecule has 3 heterocycles. The van der Waals surface area contributed by atoms with Gasteiger partial charge in [0.25, 0.3) is 5.91 Å². The quantitative estimate of drug-likeness (QED) is 0.838. The van der Waals surface area contributed by atoms with Crippen molar-refractivity contribution in [3.8, 4) is 0 Å². The van der Waals surface area contributed by atoms with Crippen molar-refractivity contribution in [2.45, 2.75) is 36.5 Å². The number of rotatable bonds is 2. The lowest BCUT2D eigenvalue weighted by molar-refractivity contribution is -0.272. The van der Waals surface area contributed by atoms with E-state index in [0.29, 0.717) is 5.69 Å². The fraction of sp³-hybridized carbons (Fsp3) is 0.500. The highest BCUT2D eigenvalue weighted by Crippen LogP contribution is 2.51. The third kappa shape index (κ3) is 2.68. The maximum atomic E-state index is 13.3. The number of halogens is 3. The van der Waals surface area contributed by atoms with E-state index in [1.165, 1.54) is 17.6 Å². The first-order valence-corrected chi connectivity index (χ1v) is 7.91. The number of carbonyl (C=O) groups excluding carboxylic acids is 1. The molecule has 6 nitrogen and oxygen atoms in total. The minimum absolute atomic E-state index is 0.395. The largest absolute Gasteiger partial charge is 0.417 e. The highest BCUT2D eigenvalue weighted by Gasteiger charge is 2.63. The second-order valence-electron chi connectivity index (χ2n) is 6.02. The molecule has 1 N–H and O–H groups in total. The predicted molar refractivity (Wildman–Crippen MR) is 79.6 cm³/mol. The van der Waals surface area contributed by atoms with Crippen LogP contribution in [-0.2, 0) is 9.53 Å². The highest BCUT2D eigenvalue weighted by molar-refractivity contribution is 6.16. The molecule has 1 amide bonds. The molecule has 4 atom stereocenters. The van der Waals surface area contributed by atoms with Gasteiger partial charge < -0.3 is 10.1 Å². The lowest BCUT2D eigenvalue weighted by Crippen LogP contribution is -2.47. The van der Waals surface area contributed by atoms with Gasteiger partial charge in [-0.25, -0.2) is 4.52 Å². The zero-order chi connectivity index (χ0) is 17.7. The van der Waals surface area contributed by atoms with Gasteiger partial charge in [0, 0.05) is 0 Å². The van der Waals surface area contributed by atoms with Crippen molar-refractivity contribution in [2.24, 2.45) is 5.92 Å². The second-order valence-corrected chi connectivity index (χ2v) is 6.79. The van der Waals surface area contributed by atoms with Gasteiger partial charge in [-0.3, -0.25) is 4.79 Å². The molecular weight excluding hydrogens is 340 g/mol. The summed E-state index contributed by atoms with van der Waals surface area (Å²) in [6, 6.07) is 3.31. The van der Waals surface area contributed by atoms with Crippen LogP contribution in [0.5, 0.6) is 0 Å². The Morgan fingerprint density at radius 3 is 2.79 bits per heavy atom. The first-order valence-electron chi connectivity index (χ1n) is 7.24. The number of aromatic nitrogens is 3. The van der Waals surface area contributed by atoms with Crippen LogP contribution in [0.3, 0.4) is 0 Å². The van der Waals surface area contributed by atoms with Crippen LogP contribution in [0.15, 0.2) is 24.5 Å². The molecule has 0 bridgehead atoms. The molecule has 2 radical (unpaired) electrons. The summed E-state index contributed by atoms with van der Waals surface area (Å²) in [6.07, 6.45) is -2.71. The minimum atomic E-state index is -4.56. The van der Waals surface area contributed by atoms with E-state index in [2.05, 4.69) is 31.9 Å². The van der Waals surface area contributed by atoms with Gasteiger partial charge in [0.1, 0.15) is 22.4 Å². The van der Waals surface area contributed by atoms with E-state index in [9.17, 15) is 18.0 Å². The van der Waals surface area contributed by atoms with Gasteiger partial charge in [-0.05, 0) is 25.0 Å². The lowest BCUT2D eigenvalue weighted by atomic mass is 9.88. The fourth-order valence-electron chi connectivity index (χ4n) is 2.74. The second kappa shape index (κ2) is 5.72. The molecule has 24 heavy (non-hydrogen) atoms. The van der Waals surface area contributed by atoms with Crippen LogP contribution >= 0.6 is 0 Å². The van der Waals surface area contributed by atoms with Crippen molar-refractivity contribution >= 4 is 33.4 Å². The highest BCUT2D eigenvalue weighted by atomic mass is 27.0. The van der Waals surface area contributed by atoms with Crippen LogP contribution in [0.4, 0.5) is 18.9 Å². The number of hydrogen-bond donors (Lipinski definition) is 1. The Balaban J connectivity index is 1.80. The van der Waals surface area contributed by atoms with E-state index >= 15 is 0 Å². The molecule has 1 saturated heterocycles. The molecule has 0 aromatic carbocycles. The average Bonchev–Trinajstić information content (AvgIpc) is 3.05. The third-order valence-corrected chi connectivity index (χ3v) is 5.48. The molecular formula is C14H14AlF3N4O2. The summed E-state index contributed by atoms with van der Waals surface area (Å²) < 4.78 is 45.8. The smallest absolute Gasteiger partial charge is 0.354 e. The number of pyridine rings is 1. The van der Waals surface area contributed by atoms with Gasteiger partial charge in [0.15, 0.2) is 5.60 Å². The Morgan fingerprint density at radius 2 is 2.17 bits per heavy atom. The number of anilines is 1. The van der Waals surface area contributed by atoms with E-state index in [1.54, 1.807) is 18.3 Å². The molecule has 10 heteroatoms. The van der Waals surface area contributed by atoms with Gasteiger partial charge in [-0.2, -0.15) is 13.2 Å². The Labute approximate surface area is 143 Å². The number of carbonyl (C=O) groups is 1. The van der Waals surface area contributed by atoms with Crippen LogP contribution in [0.2, 0.25) is 4.78 Å². The van der Waals surface area contributed by atoms with E-state index in [0.717, 1.165) is 12.4 Å². The summed E-state index contributed by atoms with van der Waals surface area (Å²) in [7, 11) is 0. The number of hydrogen-bond acceptors (Lipinski definition) is 4. The van der Waals surface area contributed by atoms with Crippen molar-refractivity contribution < 1.29 is 22.7 Å². The first-order chi connectivity index (χ1) is 11.1. The zero-order valence-electron chi connectivity index (χ0n) is 12.9. The molecule has 1 fully saturated rings. The average molecular weight is 354 g/mol. The van der Waals surface area contributed by atoms with E-state index < -0.39 is 34.5 Å². The summed E-state index contributed by atoms with van der Waals surface area (Å²) >= 11 is 2.29. The number of fused-ring (bicyclic) bond motifs is 1. The van der Waals surface area contributed by atoms with Crippen LogP contribution in [0, 0.1) is 5.92 Å². The first kappa shape index (κ1) is 17.2. The molecule has 0 aliphatic carbocycles. The minimum Gasteiger partial charge on any atom is -0.354 e. The Bertz CT molecular complexity index is 781. The SMILES string of the molecule is C[C@@H]1[C@H]([Al])C(C(=O)Nc2ccc3cnnn3c2)O[C@]1(C)C(F)(F)F. The van der Waals surface area contributed by atoms with E-state index in [1.807, 2.05) is 0 Å². The third-order valence-electron chi connectivity index (χ3n) is 4.55. The van der Waals surface area contributed by atoms with Gasteiger partial charge in [-0.15, -0.1) is 5.10 Å². The van der Waals surface area contributed by atoms with Gasteiger partial charge in [-0.1, -0.05) is 16.9 Å². The molecule has 0 saturated carbocycles. The van der Waals surface area contributed by atoms with E-state index in [-0.39, 0.29) is 0 Å². The zero-order valence-corrected chi connectivity index (χ0v) is 14.1. The van der Waals surface area contributed by atoms with Crippen molar-refractivity contribution in [1.82, 2.24) is 14.8 Å². The Kier molecular flexibility index (Phi) is 4.10. The monoisotopic (exact) mass is 354 g/mol.